The Kier molecular flexibility index (Phi) is 7.10. The summed E-state index contributed by atoms with van der Waals surface area (Å²) in [4.78, 5) is 14.3. The fraction of sp³-hybridized carbons (Fsp3) is 0.0741. The van der Waals surface area contributed by atoms with Crippen molar-refractivity contribution < 1.29 is 17.6 Å². The fourth-order valence-electron chi connectivity index (χ4n) is 3.56. The van der Waals surface area contributed by atoms with Gasteiger partial charge in [0.2, 0.25) is 0 Å². The highest BCUT2D eigenvalue weighted by molar-refractivity contribution is 5.85. The van der Waals surface area contributed by atoms with Gasteiger partial charge in [0.15, 0.2) is 5.82 Å². The summed E-state index contributed by atoms with van der Waals surface area (Å²) in [6, 6.07) is 10.8. The van der Waals surface area contributed by atoms with Crippen molar-refractivity contribution in [1.82, 2.24) is 14.9 Å². The number of anilines is 1. The zero-order valence-corrected chi connectivity index (χ0v) is 19.2. The lowest BCUT2D eigenvalue weighted by Gasteiger charge is -2.25. The highest BCUT2D eigenvalue weighted by atomic mass is 19.4. The molecule has 4 rings (SSSR count). The van der Waals surface area contributed by atoms with Crippen LogP contribution < -0.4 is 5.32 Å². The van der Waals surface area contributed by atoms with Crippen molar-refractivity contribution in [3.63, 3.8) is 0 Å². The van der Waals surface area contributed by atoms with Crippen LogP contribution in [0.3, 0.4) is 0 Å². The molecule has 3 aromatic rings. The van der Waals surface area contributed by atoms with Crippen molar-refractivity contribution in [1.29, 1.82) is 0 Å². The lowest BCUT2D eigenvalue weighted by molar-refractivity contribution is -0.137. The number of benzene rings is 2. The number of rotatable bonds is 6. The number of likely N-dealkylation sites (N-methyl/N-ethyl adjacent to an activating group) is 1. The topological polar surface area (TPSA) is 53.4 Å². The molecule has 0 amide bonds. The van der Waals surface area contributed by atoms with Gasteiger partial charge in [-0.2, -0.15) is 13.2 Å². The molecule has 0 unspecified atom stereocenters. The van der Waals surface area contributed by atoms with Crippen LogP contribution in [0.5, 0.6) is 0 Å². The Morgan fingerprint density at radius 1 is 1.08 bits per heavy atom. The molecule has 0 fully saturated rings. The number of aliphatic imine (C=N–C) groups is 1. The number of nitrogens with zero attached hydrogens (tertiary/aromatic N) is 4. The van der Waals surface area contributed by atoms with Gasteiger partial charge >= 0.3 is 6.18 Å². The highest BCUT2D eigenvalue weighted by Gasteiger charge is 2.34. The fourth-order valence-corrected chi connectivity index (χ4v) is 3.56. The molecular formula is C27H21F4N5. The first-order valence-corrected chi connectivity index (χ1v) is 10.8. The summed E-state index contributed by atoms with van der Waals surface area (Å²) in [6.45, 7) is 3.82. The van der Waals surface area contributed by atoms with E-state index in [1.807, 2.05) is 13.2 Å². The predicted molar refractivity (Wildman–Crippen MR) is 133 cm³/mol. The Hall–Kier alpha value is -4.53. The maximum atomic E-state index is 13.8. The third-order valence-electron chi connectivity index (χ3n) is 5.30. The third-order valence-corrected chi connectivity index (χ3v) is 5.30. The van der Waals surface area contributed by atoms with Crippen LogP contribution in [-0.2, 0) is 6.18 Å². The van der Waals surface area contributed by atoms with Gasteiger partial charge in [-0.3, -0.25) is 4.99 Å². The zero-order valence-electron chi connectivity index (χ0n) is 19.2. The SMILES string of the molecule is C=C(Nc1ccc(F)cc1)c1cc(C2=CC=CN(C)/C2=C\N=Cc2ncccn2)ccc1C(F)(F)F. The van der Waals surface area contributed by atoms with E-state index in [2.05, 4.69) is 26.9 Å². The van der Waals surface area contributed by atoms with E-state index in [0.717, 1.165) is 6.07 Å². The summed E-state index contributed by atoms with van der Waals surface area (Å²) in [5.74, 6) is -0.0276. The number of nitrogens with one attached hydrogen (secondary N) is 1. The van der Waals surface area contributed by atoms with Crippen LogP contribution in [0.2, 0.25) is 0 Å². The quantitative estimate of drug-likeness (QED) is 0.315. The summed E-state index contributed by atoms with van der Waals surface area (Å²) in [6.07, 6.45) is 7.07. The molecule has 0 aliphatic carbocycles. The number of halogens is 4. The van der Waals surface area contributed by atoms with E-state index in [0.29, 0.717) is 28.3 Å². The molecule has 2 aromatic carbocycles. The molecule has 0 bridgehead atoms. The van der Waals surface area contributed by atoms with Crippen molar-refractivity contribution in [2.75, 3.05) is 12.4 Å². The van der Waals surface area contributed by atoms with Gasteiger partial charge in [-0.05, 0) is 54.1 Å². The summed E-state index contributed by atoms with van der Waals surface area (Å²) in [5.41, 5.74) is 1.34. The summed E-state index contributed by atoms with van der Waals surface area (Å²) >= 11 is 0. The summed E-state index contributed by atoms with van der Waals surface area (Å²) in [5, 5.41) is 2.84. The summed E-state index contributed by atoms with van der Waals surface area (Å²) in [7, 11) is 1.81. The average Bonchev–Trinajstić information content (AvgIpc) is 2.86. The third kappa shape index (κ3) is 5.75. The van der Waals surface area contributed by atoms with Gasteiger partial charge in [0.25, 0.3) is 0 Å². The largest absolute Gasteiger partial charge is 0.417 e. The maximum Gasteiger partial charge on any atom is 0.417 e. The molecular weight excluding hydrogens is 470 g/mol. The van der Waals surface area contributed by atoms with E-state index in [-0.39, 0.29) is 11.3 Å². The van der Waals surface area contributed by atoms with Crippen LogP contribution in [0.15, 0.2) is 103 Å². The monoisotopic (exact) mass is 491 g/mol. The van der Waals surface area contributed by atoms with Crippen LogP contribution >= 0.6 is 0 Å². The van der Waals surface area contributed by atoms with Crippen molar-refractivity contribution in [3.8, 4) is 0 Å². The van der Waals surface area contributed by atoms with Gasteiger partial charge in [-0.15, -0.1) is 0 Å². The van der Waals surface area contributed by atoms with Crippen LogP contribution in [0.4, 0.5) is 23.2 Å². The number of allylic oxidation sites excluding steroid dienone is 3. The van der Waals surface area contributed by atoms with Gasteiger partial charge < -0.3 is 10.2 Å². The van der Waals surface area contributed by atoms with Crippen LogP contribution in [-0.4, -0.2) is 28.1 Å². The van der Waals surface area contributed by atoms with Crippen LogP contribution in [0.1, 0.15) is 22.5 Å². The first-order valence-electron chi connectivity index (χ1n) is 10.8. The molecule has 2 heterocycles. The molecule has 5 nitrogen and oxygen atoms in total. The van der Waals surface area contributed by atoms with Gasteiger partial charge in [0.1, 0.15) is 5.82 Å². The normalized spacial score (nSPS) is 14.9. The van der Waals surface area contributed by atoms with Gasteiger partial charge in [0, 0.05) is 48.2 Å². The first-order chi connectivity index (χ1) is 17.2. The smallest absolute Gasteiger partial charge is 0.356 e. The van der Waals surface area contributed by atoms with Gasteiger partial charge in [-0.1, -0.05) is 18.7 Å². The van der Waals surface area contributed by atoms with E-state index in [4.69, 9.17) is 0 Å². The Morgan fingerprint density at radius 3 is 2.50 bits per heavy atom. The molecule has 1 aliphatic rings. The van der Waals surface area contributed by atoms with E-state index in [1.54, 1.807) is 41.7 Å². The Bertz CT molecular complexity index is 1370. The molecule has 0 radical (unpaired) electrons. The molecule has 0 saturated carbocycles. The van der Waals surface area contributed by atoms with Crippen molar-refractivity contribution >= 4 is 23.2 Å². The second-order valence-corrected chi connectivity index (χ2v) is 7.80. The number of hydrogen-bond donors (Lipinski definition) is 1. The second kappa shape index (κ2) is 10.4. The maximum absolute atomic E-state index is 13.8. The molecule has 182 valence electrons. The number of alkyl halides is 3. The Labute approximate surface area is 205 Å². The lowest BCUT2D eigenvalue weighted by atomic mass is 9.94. The van der Waals surface area contributed by atoms with E-state index >= 15 is 0 Å². The first kappa shape index (κ1) is 24.6. The predicted octanol–water partition coefficient (Wildman–Crippen LogP) is 6.52. The molecule has 0 spiro atoms. The van der Waals surface area contributed by atoms with Crippen molar-refractivity contribution in [2.45, 2.75) is 6.18 Å². The molecule has 1 aliphatic heterocycles. The molecule has 1 N–H and O–H groups in total. The second-order valence-electron chi connectivity index (χ2n) is 7.80. The standard InChI is InChI=1S/C27H21F4N5/c1-18(35-21-9-7-20(28)8-10-21)23-15-19(6-11-24(23)27(29,30)31)22-5-3-14-36(2)25(22)16-32-17-26-33-12-4-13-34-26/h3-17,35H,1H2,2H3/b25-16-,32-17?. The lowest BCUT2D eigenvalue weighted by Crippen LogP contribution is -2.15. The van der Waals surface area contributed by atoms with Crippen molar-refractivity contribution in [3.05, 3.63) is 126 Å². The van der Waals surface area contributed by atoms with Crippen LogP contribution in [0, 0.1) is 5.82 Å². The Balaban J connectivity index is 1.71. The minimum absolute atomic E-state index is 0.0286. The molecule has 0 atom stereocenters. The minimum atomic E-state index is -4.60. The van der Waals surface area contributed by atoms with Gasteiger partial charge in [-0.25, -0.2) is 14.4 Å². The highest BCUT2D eigenvalue weighted by Crippen LogP contribution is 2.38. The molecule has 1 aromatic heterocycles. The molecule has 9 heteroatoms. The summed E-state index contributed by atoms with van der Waals surface area (Å²) < 4.78 is 54.8. The number of aromatic nitrogens is 2. The zero-order chi connectivity index (χ0) is 25.7. The minimum Gasteiger partial charge on any atom is -0.356 e. The molecule has 36 heavy (non-hydrogen) atoms. The van der Waals surface area contributed by atoms with Crippen LogP contribution in [0.25, 0.3) is 11.3 Å². The Morgan fingerprint density at radius 2 is 1.81 bits per heavy atom. The van der Waals surface area contributed by atoms with E-state index < -0.39 is 17.6 Å². The average molecular weight is 491 g/mol. The molecule has 0 saturated heterocycles. The van der Waals surface area contributed by atoms with Crippen molar-refractivity contribution in [2.24, 2.45) is 4.99 Å². The van der Waals surface area contributed by atoms with E-state index in [1.165, 1.54) is 42.6 Å². The van der Waals surface area contributed by atoms with E-state index in [9.17, 15) is 17.6 Å². The number of hydrogen-bond acceptors (Lipinski definition) is 5. The van der Waals surface area contributed by atoms with Gasteiger partial charge in [0.05, 0.1) is 23.7 Å².